The molecule has 2 saturated heterocycles. The van der Waals surface area contributed by atoms with E-state index in [2.05, 4.69) is 25.1 Å². The third-order valence-electron chi connectivity index (χ3n) is 6.60. The predicted octanol–water partition coefficient (Wildman–Crippen LogP) is 2.40. The molecule has 0 aliphatic carbocycles. The minimum Gasteiger partial charge on any atom is -0.370 e. The van der Waals surface area contributed by atoms with Gasteiger partial charge in [-0.2, -0.15) is 0 Å². The molecule has 9 heteroatoms. The molecule has 0 bridgehead atoms. The van der Waals surface area contributed by atoms with E-state index in [4.69, 9.17) is 0 Å². The highest BCUT2D eigenvalue weighted by molar-refractivity contribution is 5.92. The summed E-state index contributed by atoms with van der Waals surface area (Å²) in [5, 5.41) is 2.58. The molecule has 0 spiro atoms. The number of carbonyl (C=O) groups excluding carboxylic acids is 1. The van der Waals surface area contributed by atoms with Crippen molar-refractivity contribution in [3.63, 3.8) is 0 Å². The lowest BCUT2D eigenvalue weighted by Gasteiger charge is -2.37. The first-order chi connectivity index (χ1) is 15.4. The molecule has 0 saturated carbocycles. The van der Waals surface area contributed by atoms with Crippen LogP contribution in [0.4, 0.5) is 14.5 Å². The van der Waals surface area contributed by atoms with Crippen LogP contribution >= 0.6 is 0 Å². The van der Waals surface area contributed by atoms with E-state index in [9.17, 15) is 18.4 Å². The number of hydrogen-bond acceptors (Lipinski definition) is 5. The standard InChI is InChI=1S/C23H29F2N5O2/c1-26-23(32)20-5-3-18(13-27-20)29-10-7-17(8-11-29)30-9-6-16(14-30)19-4-2-15(12-21(24)25)22(31)28-19/h2-5,13,16-17,21H,6-12,14H2,1H3,(H,26,32)(H,28,31). The maximum atomic E-state index is 12.6. The van der Waals surface area contributed by atoms with Crippen LogP contribution in [0.15, 0.2) is 35.3 Å². The molecule has 4 heterocycles. The summed E-state index contributed by atoms with van der Waals surface area (Å²) < 4.78 is 25.2. The van der Waals surface area contributed by atoms with E-state index in [1.54, 1.807) is 31.4 Å². The first kappa shape index (κ1) is 22.4. The minimum atomic E-state index is -2.51. The number of aromatic amines is 1. The fourth-order valence-electron chi connectivity index (χ4n) is 4.78. The van der Waals surface area contributed by atoms with Gasteiger partial charge in [-0.3, -0.25) is 14.5 Å². The van der Waals surface area contributed by atoms with E-state index in [-0.39, 0.29) is 17.4 Å². The van der Waals surface area contributed by atoms with Gasteiger partial charge in [0.15, 0.2) is 0 Å². The summed E-state index contributed by atoms with van der Waals surface area (Å²) in [5.74, 6) is 0.0339. The summed E-state index contributed by atoms with van der Waals surface area (Å²) in [6, 6.07) is 7.52. The molecule has 4 rings (SSSR count). The molecule has 7 nitrogen and oxygen atoms in total. The highest BCUT2D eigenvalue weighted by atomic mass is 19.3. The number of nitrogens with one attached hydrogen (secondary N) is 2. The summed E-state index contributed by atoms with van der Waals surface area (Å²) in [6.45, 7) is 3.69. The molecule has 2 aromatic rings. The summed E-state index contributed by atoms with van der Waals surface area (Å²) >= 11 is 0. The largest absolute Gasteiger partial charge is 0.370 e. The first-order valence-electron chi connectivity index (χ1n) is 11.1. The van der Waals surface area contributed by atoms with E-state index in [0.717, 1.165) is 56.8 Å². The molecule has 32 heavy (non-hydrogen) atoms. The van der Waals surface area contributed by atoms with Crippen molar-refractivity contribution in [3.05, 3.63) is 57.8 Å². The second-order valence-corrected chi connectivity index (χ2v) is 8.54. The normalized spacial score (nSPS) is 20.1. The zero-order valence-corrected chi connectivity index (χ0v) is 18.2. The number of piperidine rings is 1. The highest BCUT2D eigenvalue weighted by Crippen LogP contribution is 2.30. The van der Waals surface area contributed by atoms with Gasteiger partial charge in [0.2, 0.25) is 6.43 Å². The van der Waals surface area contributed by atoms with Crippen molar-refractivity contribution in [1.82, 2.24) is 20.2 Å². The van der Waals surface area contributed by atoms with E-state index < -0.39 is 18.4 Å². The quantitative estimate of drug-likeness (QED) is 0.714. The van der Waals surface area contributed by atoms with Crippen molar-refractivity contribution in [2.75, 3.05) is 38.1 Å². The van der Waals surface area contributed by atoms with Gasteiger partial charge in [-0.25, -0.2) is 13.8 Å². The smallest absolute Gasteiger partial charge is 0.269 e. The molecule has 1 atom stereocenters. The Morgan fingerprint density at radius 3 is 2.59 bits per heavy atom. The van der Waals surface area contributed by atoms with Crippen molar-refractivity contribution in [3.8, 4) is 0 Å². The fourth-order valence-corrected chi connectivity index (χ4v) is 4.78. The molecular formula is C23H29F2N5O2. The number of rotatable bonds is 6. The Hall–Kier alpha value is -2.81. The fraction of sp³-hybridized carbons (Fsp3) is 0.522. The Balaban J connectivity index is 1.31. The third-order valence-corrected chi connectivity index (χ3v) is 6.60. The van der Waals surface area contributed by atoms with Crippen LogP contribution in [0, 0.1) is 0 Å². The molecule has 2 aliphatic rings. The Labute approximate surface area is 185 Å². The van der Waals surface area contributed by atoms with Crippen LogP contribution in [0.3, 0.4) is 0 Å². The van der Waals surface area contributed by atoms with Gasteiger partial charge in [-0.1, -0.05) is 6.07 Å². The van der Waals surface area contributed by atoms with Crippen molar-refractivity contribution in [1.29, 1.82) is 0 Å². The Kier molecular flexibility index (Phi) is 6.83. The number of carbonyl (C=O) groups is 1. The molecule has 0 aromatic carbocycles. The maximum Gasteiger partial charge on any atom is 0.269 e. The number of likely N-dealkylation sites (tertiary alicyclic amines) is 1. The number of hydrogen-bond donors (Lipinski definition) is 2. The second kappa shape index (κ2) is 9.77. The van der Waals surface area contributed by atoms with Crippen LogP contribution in [-0.2, 0) is 6.42 Å². The van der Waals surface area contributed by atoms with Gasteiger partial charge < -0.3 is 15.2 Å². The molecule has 2 aliphatic heterocycles. The lowest BCUT2D eigenvalue weighted by molar-refractivity contribution is 0.0958. The van der Waals surface area contributed by atoms with E-state index in [1.807, 2.05) is 6.07 Å². The summed E-state index contributed by atoms with van der Waals surface area (Å²) in [6.07, 6.45) is 1.76. The average molecular weight is 446 g/mol. The number of pyridine rings is 2. The lowest BCUT2D eigenvalue weighted by Crippen LogP contribution is -2.44. The number of nitrogens with zero attached hydrogens (tertiary/aromatic N) is 3. The average Bonchev–Trinajstić information content (AvgIpc) is 3.30. The van der Waals surface area contributed by atoms with Crippen molar-refractivity contribution < 1.29 is 13.6 Å². The summed E-state index contributed by atoms with van der Waals surface area (Å²) in [7, 11) is 1.59. The predicted molar refractivity (Wildman–Crippen MR) is 119 cm³/mol. The molecule has 172 valence electrons. The Bertz CT molecular complexity index is 987. The highest BCUT2D eigenvalue weighted by Gasteiger charge is 2.32. The van der Waals surface area contributed by atoms with E-state index in [0.29, 0.717) is 11.7 Å². The number of H-pyrrole nitrogens is 1. The zero-order chi connectivity index (χ0) is 22.7. The monoisotopic (exact) mass is 445 g/mol. The Morgan fingerprint density at radius 2 is 1.97 bits per heavy atom. The van der Waals surface area contributed by atoms with E-state index in [1.165, 1.54) is 0 Å². The first-order valence-corrected chi connectivity index (χ1v) is 11.1. The van der Waals surface area contributed by atoms with Gasteiger partial charge in [-0.15, -0.1) is 0 Å². The lowest BCUT2D eigenvalue weighted by atomic mass is 10.0. The molecule has 2 fully saturated rings. The summed E-state index contributed by atoms with van der Waals surface area (Å²) in [5.41, 5.74) is 2.02. The van der Waals surface area contributed by atoms with Crippen LogP contribution in [0.1, 0.15) is 46.9 Å². The molecule has 1 amide bonds. The van der Waals surface area contributed by atoms with Gasteiger partial charge in [-0.05, 0) is 44.0 Å². The number of alkyl halides is 2. The van der Waals surface area contributed by atoms with Crippen LogP contribution in [-0.4, -0.2) is 66.5 Å². The maximum absolute atomic E-state index is 12.6. The van der Waals surface area contributed by atoms with Gasteiger partial charge in [0.05, 0.1) is 11.9 Å². The van der Waals surface area contributed by atoms with Crippen LogP contribution in [0.5, 0.6) is 0 Å². The summed E-state index contributed by atoms with van der Waals surface area (Å²) in [4.78, 5) is 35.7. The molecule has 0 radical (unpaired) electrons. The van der Waals surface area contributed by atoms with Crippen molar-refractivity contribution >= 4 is 11.6 Å². The molecule has 2 aromatic heterocycles. The molecular weight excluding hydrogens is 416 g/mol. The van der Waals surface area contributed by atoms with Crippen LogP contribution in [0.25, 0.3) is 0 Å². The molecule has 1 unspecified atom stereocenters. The zero-order valence-electron chi connectivity index (χ0n) is 18.2. The van der Waals surface area contributed by atoms with Gasteiger partial charge in [0.1, 0.15) is 5.69 Å². The number of amides is 1. The minimum absolute atomic E-state index is 0.142. The van der Waals surface area contributed by atoms with Crippen LogP contribution < -0.4 is 15.8 Å². The molecule has 2 N–H and O–H groups in total. The third kappa shape index (κ3) is 4.98. The van der Waals surface area contributed by atoms with Gasteiger partial charge in [0.25, 0.3) is 11.5 Å². The number of aromatic nitrogens is 2. The van der Waals surface area contributed by atoms with Gasteiger partial charge in [0, 0.05) is 56.3 Å². The van der Waals surface area contributed by atoms with E-state index >= 15 is 0 Å². The topological polar surface area (TPSA) is 81.3 Å². The van der Waals surface area contributed by atoms with Crippen molar-refractivity contribution in [2.24, 2.45) is 0 Å². The van der Waals surface area contributed by atoms with Gasteiger partial charge >= 0.3 is 0 Å². The number of halogens is 2. The van der Waals surface area contributed by atoms with Crippen LogP contribution in [0.2, 0.25) is 0 Å². The Morgan fingerprint density at radius 1 is 1.19 bits per heavy atom. The SMILES string of the molecule is CNC(=O)c1ccc(N2CCC(N3CCC(c4ccc(CC(F)F)c(=O)[nH]4)C3)CC2)cn1. The van der Waals surface area contributed by atoms with Crippen molar-refractivity contribution in [2.45, 2.75) is 44.1 Å². The number of anilines is 1. The second-order valence-electron chi connectivity index (χ2n) is 8.54.